The van der Waals surface area contributed by atoms with Gasteiger partial charge in [0.1, 0.15) is 0 Å². The van der Waals surface area contributed by atoms with Gasteiger partial charge < -0.3 is 10.8 Å². The Balaban J connectivity index is 2.70. The minimum Gasteiger partial charge on any atom is -0.478 e. The van der Waals surface area contributed by atoms with Crippen LogP contribution in [-0.4, -0.2) is 45.8 Å². The number of nitrogens with zero attached hydrogens (tertiary/aromatic N) is 3. The monoisotopic (exact) mass is 312 g/mol. The Morgan fingerprint density at radius 2 is 2.00 bits per heavy atom. The van der Waals surface area contributed by atoms with Crippen LogP contribution in [0, 0.1) is 0 Å². The van der Waals surface area contributed by atoms with Gasteiger partial charge in [-0.3, -0.25) is 0 Å². The molecule has 0 aliphatic carbocycles. The number of carbonyl (C=O) groups is 1. The zero-order valence-corrected chi connectivity index (χ0v) is 12.5. The zero-order valence-electron chi connectivity index (χ0n) is 11.6. The van der Waals surface area contributed by atoms with Crippen molar-refractivity contribution in [3.05, 3.63) is 23.8 Å². The van der Waals surface area contributed by atoms with Crippen LogP contribution in [0.15, 0.2) is 18.2 Å². The Labute approximate surface area is 122 Å². The lowest BCUT2D eigenvalue weighted by Gasteiger charge is -2.19. The molecule has 2 rings (SSSR count). The number of imidazole rings is 1. The van der Waals surface area contributed by atoms with Gasteiger partial charge in [-0.1, -0.05) is 13.8 Å². The van der Waals surface area contributed by atoms with Gasteiger partial charge in [0.05, 0.1) is 16.6 Å². The smallest absolute Gasteiger partial charge is 0.335 e. The Kier molecular flexibility index (Phi) is 3.88. The number of hydrogen-bond acceptors (Lipinski definition) is 5. The Morgan fingerprint density at radius 3 is 2.52 bits per heavy atom. The topological polar surface area (TPSA) is 119 Å². The highest BCUT2D eigenvalue weighted by atomic mass is 32.2. The lowest BCUT2D eigenvalue weighted by molar-refractivity contribution is 0.0697. The van der Waals surface area contributed by atoms with E-state index in [0.717, 1.165) is 3.97 Å². The first-order valence-electron chi connectivity index (χ1n) is 6.34. The second kappa shape index (κ2) is 5.34. The van der Waals surface area contributed by atoms with E-state index in [0.29, 0.717) is 13.1 Å². The van der Waals surface area contributed by atoms with Crippen LogP contribution < -0.4 is 5.73 Å². The summed E-state index contributed by atoms with van der Waals surface area (Å²) < 4.78 is 27.3. The molecule has 0 radical (unpaired) electrons. The van der Waals surface area contributed by atoms with Crippen LogP contribution in [0.1, 0.15) is 24.2 Å². The minimum atomic E-state index is -3.83. The molecule has 1 aromatic carbocycles. The van der Waals surface area contributed by atoms with Crippen molar-refractivity contribution < 1.29 is 18.3 Å². The summed E-state index contributed by atoms with van der Waals surface area (Å²) in [6.07, 6.45) is 0. The highest BCUT2D eigenvalue weighted by Crippen LogP contribution is 2.23. The van der Waals surface area contributed by atoms with E-state index < -0.39 is 16.2 Å². The number of aromatic nitrogens is 2. The van der Waals surface area contributed by atoms with Crippen molar-refractivity contribution in [2.45, 2.75) is 13.8 Å². The quantitative estimate of drug-likeness (QED) is 0.841. The molecule has 0 saturated heterocycles. The normalized spacial score (nSPS) is 12.1. The molecule has 9 heteroatoms. The molecule has 0 spiro atoms. The average molecular weight is 312 g/mol. The first kappa shape index (κ1) is 15.3. The predicted octanol–water partition coefficient (Wildman–Crippen LogP) is 0.751. The van der Waals surface area contributed by atoms with Crippen molar-refractivity contribution in [1.82, 2.24) is 13.3 Å². The molecule has 0 unspecified atom stereocenters. The highest BCUT2D eigenvalue weighted by molar-refractivity contribution is 7.87. The summed E-state index contributed by atoms with van der Waals surface area (Å²) in [5.74, 6) is -1.31. The van der Waals surface area contributed by atoms with Gasteiger partial charge in [0.25, 0.3) is 0 Å². The minimum absolute atomic E-state index is 0.0207. The highest BCUT2D eigenvalue weighted by Gasteiger charge is 2.26. The molecule has 0 bridgehead atoms. The molecule has 1 aromatic heterocycles. The fraction of sp³-hybridized carbons (Fsp3) is 0.333. The summed E-state index contributed by atoms with van der Waals surface area (Å²) >= 11 is 0. The van der Waals surface area contributed by atoms with Crippen LogP contribution in [0.3, 0.4) is 0 Å². The van der Waals surface area contributed by atoms with Crippen LogP contribution >= 0.6 is 0 Å². The first-order valence-corrected chi connectivity index (χ1v) is 7.74. The third-order valence-corrected chi connectivity index (χ3v) is 5.16. The number of anilines is 1. The van der Waals surface area contributed by atoms with Gasteiger partial charge in [-0.15, -0.1) is 0 Å². The van der Waals surface area contributed by atoms with Gasteiger partial charge in [-0.2, -0.15) is 16.7 Å². The number of hydrogen-bond donors (Lipinski definition) is 2. The van der Waals surface area contributed by atoms with Crippen molar-refractivity contribution in [1.29, 1.82) is 0 Å². The lowest BCUT2D eigenvalue weighted by atomic mass is 10.2. The summed E-state index contributed by atoms with van der Waals surface area (Å²) in [5.41, 5.74) is 6.21. The number of benzene rings is 1. The van der Waals surface area contributed by atoms with Gasteiger partial charge in [0.2, 0.25) is 5.95 Å². The number of nitrogens with two attached hydrogens (primary N) is 1. The molecule has 0 saturated carbocycles. The van der Waals surface area contributed by atoms with E-state index in [1.54, 1.807) is 13.8 Å². The van der Waals surface area contributed by atoms with Crippen LogP contribution in [0.25, 0.3) is 11.0 Å². The second-order valence-electron chi connectivity index (χ2n) is 4.34. The molecule has 0 amide bonds. The number of nitrogen functional groups attached to an aromatic ring is 1. The summed E-state index contributed by atoms with van der Waals surface area (Å²) in [4.78, 5) is 14.9. The molecule has 2 aromatic rings. The fourth-order valence-electron chi connectivity index (χ4n) is 2.12. The number of carboxylic acids is 1. The summed E-state index contributed by atoms with van der Waals surface area (Å²) in [6, 6.07) is 4.01. The molecular weight excluding hydrogens is 296 g/mol. The Morgan fingerprint density at radius 1 is 1.38 bits per heavy atom. The summed E-state index contributed by atoms with van der Waals surface area (Å²) in [6.45, 7) is 4.04. The third kappa shape index (κ3) is 2.45. The predicted molar refractivity (Wildman–Crippen MR) is 78.3 cm³/mol. The molecule has 8 nitrogen and oxygen atoms in total. The van der Waals surface area contributed by atoms with E-state index in [9.17, 15) is 13.2 Å². The number of rotatable bonds is 5. The first-order chi connectivity index (χ1) is 9.82. The van der Waals surface area contributed by atoms with E-state index >= 15 is 0 Å². The fourth-order valence-corrected chi connectivity index (χ4v) is 3.68. The maximum absolute atomic E-state index is 12.6. The molecule has 1 heterocycles. The maximum atomic E-state index is 12.6. The molecule has 0 fully saturated rings. The van der Waals surface area contributed by atoms with E-state index in [2.05, 4.69) is 4.98 Å². The largest absolute Gasteiger partial charge is 0.478 e. The van der Waals surface area contributed by atoms with Gasteiger partial charge >= 0.3 is 16.2 Å². The molecule has 0 aliphatic heterocycles. The van der Waals surface area contributed by atoms with E-state index in [-0.39, 0.29) is 22.5 Å². The van der Waals surface area contributed by atoms with Crippen molar-refractivity contribution >= 4 is 33.2 Å². The van der Waals surface area contributed by atoms with E-state index in [1.807, 2.05) is 0 Å². The van der Waals surface area contributed by atoms with Crippen LogP contribution in [0.5, 0.6) is 0 Å². The van der Waals surface area contributed by atoms with Crippen molar-refractivity contribution in [3.8, 4) is 0 Å². The average Bonchev–Trinajstić information content (AvgIpc) is 2.74. The van der Waals surface area contributed by atoms with Crippen LogP contribution in [0.4, 0.5) is 5.95 Å². The zero-order chi connectivity index (χ0) is 15.8. The van der Waals surface area contributed by atoms with E-state index in [1.165, 1.54) is 22.5 Å². The van der Waals surface area contributed by atoms with Crippen molar-refractivity contribution in [2.24, 2.45) is 0 Å². The lowest BCUT2D eigenvalue weighted by Crippen LogP contribution is -2.35. The van der Waals surface area contributed by atoms with E-state index in [4.69, 9.17) is 10.8 Å². The van der Waals surface area contributed by atoms with Gasteiger partial charge in [0.15, 0.2) is 0 Å². The molecule has 114 valence electrons. The number of fused-ring (bicyclic) bond motifs is 1. The van der Waals surface area contributed by atoms with Crippen molar-refractivity contribution in [3.63, 3.8) is 0 Å². The Hall–Kier alpha value is -2.13. The second-order valence-corrected chi connectivity index (χ2v) is 6.11. The molecular formula is C12H16N4O4S. The van der Waals surface area contributed by atoms with Gasteiger partial charge in [-0.25, -0.2) is 9.78 Å². The molecule has 3 N–H and O–H groups in total. The van der Waals surface area contributed by atoms with Crippen molar-refractivity contribution in [2.75, 3.05) is 18.8 Å². The number of carboxylic acid groups (broad SMARTS) is 1. The SMILES string of the molecule is CCN(CC)S(=O)(=O)n1c(N)nc2cc(C(=O)O)ccc21. The Bertz CT molecular complexity index is 793. The number of aromatic carboxylic acids is 1. The van der Waals surface area contributed by atoms with Crippen LogP contribution in [-0.2, 0) is 10.2 Å². The molecule has 0 aliphatic rings. The third-order valence-electron chi connectivity index (χ3n) is 3.15. The summed E-state index contributed by atoms with van der Waals surface area (Å²) in [7, 11) is -3.83. The van der Waals surface area contributed by atoms with Crippen LogP contribution in [0.2, 0.25) is 0 Å². The molecule has 0 atom stereocenters. The van der Waals surface area contributed by atoms with Gasteiger partial charge in [0, 0.05) is 13.1 Å². The van der Waals surface area contributed by atoms with Gasteiger partial charge in [-0.05, 0) is 18.2 Å². The summed E-state index contributed by atoms with van der Waals surface area (Å²) in [5, 5.41) is 8.95. The standard InChI is InChI=1S/C12H16N4O4S/c1-3-15(4-2)21(19,20)16-10-6-5-8(11(17)18)7-9(10)14-12(16)13/h5-7H,3-4H2,1-2H3,(H2,13,14)(H,17,18). The maximum Gasteiger partial charge on any atom is 0.335 e. The molecule has 21 heavy (non-hydrogen) atoms.